The Morgan fingerprint density at radius 1 is 1.13 bits per heavy atom. The van der Waals surface area contributed by atoms with Crippen molar-refractivity contribution in [2.45, 2.75) is 39.2 Å². The first-order chi connectivity index (χ1) is 14.7. The Balaban J connectivity index is 1.36. The van der Waals surface area contributed by atoms with E-state index in [1.54, 1.807) is 6.07 Å². The number of aromatic amines is 1. The second-order valence-electron chi connectivity index (χ2n) is 7.51. The molecule has 1 aliphatic heterocycles. The van der Waals surface area contributed by atoms with Gasteiger partial charge in [-0.1, -0.05) is 18.6 Å². The molecule has 0 bridgehead atoms. The number of nitrogens with zero attached hydrogens (tertiary/aromatic N) is 4. The van der Waals surface area contributed by atoms with E-state index >= 15 is 0 Å². The summed E-state index contributed by atoms with van der Waals surface area (Å²) in [6, 6.07) is 13.1. The highest BCUT2D eigenvalue weighted by Gasteiger charge is 2.17. The highest BCUT2D eigenvalue weighted by molar-refractivity contribution is 6.03. The van der Waals surface area contributed by atoms with E-state index in [0.29, 0.717) is 22.8 Å². The maximum atomic E-state index is 12.7. The number of amides is 1. The molecule has 3 aromatic heterocycles. The van der Waals surface area contributed by atoms with Crippen LogP contribution in [0.3, 0.4) is 0 Å². The van der Waals surface area contributed by atoms with E-state index in [4.69, 9.17) is 4.42 Å². The number of nitrogens with one attached hydrogen (secondary N) is 2. The SMILES string of the molecule is Cc1ccc(-c2cc(C(=O)Nc3cccc(-c4nnc5n4CCCCC5)c3)n[nH]2)o1. The summed E-state index contributed by atoms with van der Waals surface area (Å²) in [6.45, 7) is 2.80. The van der Waals surface area contributed by atoms with Gasteiger partial charge in [-0.05, 0) is 44.0 Å². The fourth-order valence-electron chi connectivity index (χ4n) is 3.77. The van der Waals surface area contributed by atoms with Crippen LogP contribution in [-0.2, 0) is 13.0 Å². The zero-order valence-electron chi connectivity index (χ0n) is 16.7. The van der Waals surface area contributed by atoms with Gasteiger partial charge in [0.15, 0.2) is 17.3 Å². The van der Waals surface area contributed by atoms with Crippen LogP contribution in [0.5, 0.6) is 0 Å². The number of hydrogen-bond donors (Lipinski definition) is 2. The van der Waals surface area contributed by atoms with Crippen LogP contribution in [-0.4, -0.2) is 30.9 Å². The lowest BCUT2D eigenvalue weighted by molar-refractivity contribution is 0.102. The van der Waals surface area contributed by atoms with Crippen molar-refractivity contribution in [2.24, 2.45) is 0 Å². The van der Waals surface area contributed by atoms with Crippen molar-refractivity contribution in [3.05, 3.63) is 59.7 Å². The van der Waals surface area contributed by atoms with Gasteiger partial charge in [-0.2, -0.15) is 5.10 Å². The van der Waals surface area contributed by atoms with Gasteiger partial charge in [0, 0.05) is 30.3 Å². The molecule has 4 heterocycles. The molecular weight excluding hydrogens is 380 g/mol. The van der Waals surface area contributed by atoms with Crippen molar-refractivity contribution in [3.63, 3.8) is 0 Å². The molecule has 0 saturated carbocycles. The van der Waals surface area contributed by atoms with E-state index in [9.17, 15) is 4.79 Å². The lowest BCUT2D eigenvalue weighted by atomic mass is 10.1. The Bertz CT molecular complexity index is 1200. The van der Waals surface area contributed by atoms with Gasteiger partial charge in [-0.25, -0.2) is 0 Å². The molecule has 0 fully saturated rings. The number of rotatable bonds is 4. The lowest BCUT2D eigenvalue weighted by Gasteiger charge is -2.09. The third-order valence-electron chi connectivity index (χ3n) is 5.30. The van der Waals surface area contributed by atoms with Crippen LogP contribution in [0.1, 0.15) is 41.3 Å². The fraction of sp³-hybridized carbons (Fsp3) is 0.273. The number of carbonyl (C=O) groups is 1. The monoisotopic (exact) mass is 402 g/mol. The molecule has 0 atom stereocenters. The second kappa shape index (κ2) is 7.62. The average molecular weight is 402 g/mol. The zero-order chi connectivity index (χ0) is 20.5. The quantitative estimate of drug-likeness (QED) is 0.532. The molecule has 2 N–H and O–H groups in total. The van der Waals surface area contributed by atoms with Crippen LogP contribution in [0.2, 0.25) is 0 Å². The second-order valence-corrected chi connectivity index (χ2v) is 7.51. The summed E-state index contributed by atoms with van der Waals surface area (Å²) in [5.74, 6) is 3.03. The highest BCUT2D eigenvalue weighted by atomic mass is 16.3. The smallest absolute Gasteiger partial charge is 0.276 e. The van der Waals surface area contributed by atoms with Crippen molar-refractivity contribution >= 4 is 11.6 Å². The van der Waals surface area contributed by atoms with Crippen molar-refractivity contribution in [2.75, 3.05) is 5.32 Å². The van der Waals surface area contributed by atoms with Gasteiger partial charge in [0.25, 0.3) is 5.91 Å². The number of fused-ring (bicyclic) bond motifs is 1. The third-order valence-corrected chi connectivity index (χ3v) is 5.30. The summed E-state index contributed by atoms with van der Waals surface area (Å²) < 4.78 is 7.77. The molecule has 0 aliphatic carbocycles. The molecule has 0 radical (unpaired) electrons. The predicted octanol–water partition coefficient (Wildman–Crippen LogP) is 4.22. The predicted molar refractivity (Wildman–Crippen MR) is 112 cm³/mol. The molecule has 1 aliphatic rings. The maximum Gasteiger partial charge on any atom is 0.276 e. The lowest BCUT2D eigenvalue weighted by Crippen LogP contribution is -2.12. The van der Waals surface area contributed by atoms with Crippen molar-refractivity contribution in [3.8, 4) is 22.8 Å². The summed E-state index contributed by atoms with van der Waals surface area (Å²) >= 11 is 0. The number of hydrogen-bond acceptors (Lipinski definition) is 5. The minimum Gasteiger partial charge on any atom is -0.460 e. The Hall–Kier alpha value is -3.68. The van der Waals surface area contributed by atoms with Gasteiger partial charge in [0.1, 0.15) is 17.3 Å². The van der Waals surface area contributed by atoms with Gasteiger partial charge >= 0.3 is 0 Å². The van der Waals surface area contributed by atoms with Crippen LogP contribution in [0.4, 0.5) is 5.69 Å². The van der Waals surface area contributed by atoms with Gasteiger partial charge in [0.05, 0.1) is 0 Å². The summed E-state index contributed by atoms with van der Waals surface area (Å²) in [5.41, 5.74) is 2.57. The van der Waals surface area contributed by atoms with Gasteiger partial charge < -0.3 is 14.3 Å². The maximum absolute atomic E-state index is 12.7. The highest BCUT2D eigenvalue weighted by Crippen LogP contribution is 2.25. The van der Waals surface area contributed by atoms with Gasteiger partial charge in [-0.3, -0.25) is 9.89 Å². The number of furan rings is 1. The van der Waals surface area contributed by atoms with Crippen LogP contribution >= 0.6 is 0 Å². The molecule has 0 spiro atoms. The molecule has 8 nitrogen and oxygen atoms in total. The van der Waals surface area contributed by atoms with Crippen LogP contribution in [0.15, 0.2) is 46.9 Å². The fourth-order valence-corrected chi connectivity index (χ4v) is 3.77. The summed E-state index contributed by atoms with van der Waals surface area (Å²) in [6.07, 6.45) is 4.45. The molecule has 30 heavy (non-hydrogen) atoms. The number of carbonyl (C=O) groups excluding carboxylic acids is 1. The first kappa shape index (κ1) is 18.4. The van der Waals surface area contributed by atoms with Crippen molar-refractivity contribution in [1.29, 1.82) is 0 Å². The Morgan fingerprint density at radius 3 is 2.93 bits per heavy atom. The molecule has 152 valence electrons. The van der Waals surface area contributed by atoms with Crippen LogP contribution in [0, 0.1) is 6.92 Å². The first-order valence-electron chi connectivity index (χ1n) is 10.1. The standard InChI is InChI=1S/C22H22N6O2/c1-14-9-10-19(30-14)17-13-18(25-24-17)22(29)23-16-7-5-6-15(12-16)21-27-26-20-8-3-2-4-11-28(20)21/h5-7,9-10,12-13H,2-4,8,11H2,1H3,(H,23,29)(H,24,25). The molecule has 1 amide bonds. The van der Waals surface area contributed by atoms with Crippen molar-refractivity contribution in [1.82, 2.24) is 25.0 Å². The third kappa shape index (κ3) is 3.52. The molecule has 1 aromatic carbocycles. The molecule has 8 heteroatoms. The van der Waals surface area contributed by atoms with Crippen LogP contribution in [0.25, 0.3) is 22.8 Å². The minimum absolute atomic E-state index is 0.292. The van der Waals surface area contributed by atoms with E-state index < -0.39 is 0 Å². The summed E-state index contributed by atoms with van der Waals surface area (Å²) in [7, 11) is 0. The normalized spacial score (nSPS) is 13.6. The van der Waals surface area contributed by atoms with Crippen molar-refractivity contribution < 1.29 is 9.21 Å². The minimum atomic E-state index is -0.294. The molecule has 0 unspecified atom stereocenters. The zero-order valence-corrected chi connectivity index (χ0v) is 16.7. The number of aryl methyl sites for hydroxylation is 2. The summed E-state index contributed by atoms with van der Waals surface area (Å²) in [4.78, 5) is 12.7. The number of H-pyrrole nitrogens is 1. The molecule has 5 rings (SSSR count). The van der Waals surface area contributed by atoms with E-state index in [1.807, 2.05) is 43.3 Å². The average Bonchev–Trinajstić information content (AvgIpc) is 3.45. The Morgan fingerprint density at radius 2 is 2.07 bits per heavy atom. The Labute approximate surface area is 173 Å². The van der Waals surface area contributed by atoms with E-state index in [2.05, 4.69) is 30.3 Å². The largest absolute Gasteiger partial charge is 0.460 e. The molecular formula is C22H22N6O2. The molecule has 4 aromatic rings. The van der Waals surface area contributed by atoms with Crippen LogP contribution < -0.4 is 5.32 Å². The topological polar surface area (TPSA) is 102 Å². The van der Waals surface area contributed by atoms with Gasteiger partial charge in [-0.15, -0.1) is 10.2 Å². The van der Waals surface area contributed by atoms with E-state index in [0.717, 1.165) is 48.8 Å². The first-order valence-corrected chi connectivity index (χ1v) is 10.1. The van der Waals surface area contributed by atoms with Gasteiger partial charge in [0.2, 0.25) is 0 Å². The molecule has 0 saturated heterocycles. The van der Waals surface area contributed by atoms with E-state index in [1.165, 1.54) is 6.42 Å². The van der Waals surface area contributed by atoms with E-state index in [-0.39, 0.29) is 5.91 Å². The summed E-state index contributed by atoms with van der Waals surface area (Å²) in [5, 5.41) is 18.6. The number of anilines is 1. The Kier molecular flexibility index (Phi) is 4.66. The number of aromatic nitrogens is 5. The number of benzene rings is 1.